The maximum atomic E-state index is 12.3. The molecule has 0 spiro atoms. The Morgan fingerprint density at radius 1 is 1.57 bits per heavy atom. The van der Waals surface area contributed by atoms with Crippen LogP contribution in [0.3, 0.4) is 0 Å². The van der Waals surface area contributed by atoms with E-state index >= 15 is 0 Å². The van der Waals surface area contributed by atoms with Crippen molar-refractivity contribution in [1.82, 2.24) is 10.1 Å². The van der Waals surface area contributed by atoms with Crippen LogP contribution in [-0.2, 0) is 16.4 Å². The Balaban J connectivity index is 1.96. The summed E-state index contributed by atoms with van der Waals surface area (Å²) in [6.07, 6.45) is 1.39. The average molecular weight is 315 g/mol. The molecule has 2 heterocycles. The third kappa shape index (κ3) is 4.53. The van der Waals surface area contributed by atoms with Gasteiger partial charge in [0.2, 0.25) is 15.8 Å². The summed E-state index contributed by atoms with van der Waals surface area (Å²) in [5, 5.41) is 8.93. The molecule has 0 aromatic carbocycles. The lowest BCUT2D eigenvalue weighted by Crippen LogP contribution is -2.30. The second-order valence-corrected chi connectivity index (χ2v) is 7.67. The van der Waals surface area contributed by atoms with Gasteiger partial charge in [-0.3, -0.25) is 4.79 Å². The molecule has 0 saturated carbocycles. The zero-order valence-corrected chi connectivity index (χ0v) is 13.1. The number of nitrogens with two attached hydrogens (primary N) is 1. The molecule has 1 aromatic rings. The van der Waals surface area contributed by atoms with E-state index in [0.717, 1.165) is 12.1 Å². The molecule has 1 saturated heterocycles. The number of nitrogens with zero attached hydrogens (tertiary/aromatic N) is 2. The molecule has 1 aromatic heterocycles. The molecule has 21 heavy (non-hydrogen) atoms. The zero-order chi connectivity index (χ0) is 15.6. The summed E-state index contributed by atoms with van der Waals surface area (Å²) < 4.78 is 27.3. The van der Waals surface area contributed by atoms with Gasteiger partial charge in [0.1, 0.15) is 0 Å². The Morgan fingerprint density at radius 3 is 2.90 bits per heavy atom. The molecule has 0 unspecified atom stereocenters. The van der Waals surface area contributed by atoms with Crippen LogP contribution < -0.4 is 5.14 Å². The highest BCUT2D eigenvalue weighted by Gasteiger charge is 2.31. The van der Waals surface area contributed by atoms with Crippen LogP contribution in [0, 0.1) is 11.8 Å². The third-order valence-corrected chi connectivity index (χ3v) is 4.36. The minimum Gasteiger partial charge on any atom is -0.351 e. The summed E-state index contributed by atoms with van der Waals surface area (Å²) in [5.41, 5.74) is 0.758. The lowest BCUT2D eigenvalue weighted by Gasteiger charge is -2.14. The van der Waals surface area contributed by atoms with Crippen molar-refractivity contribution in [3.63, 3.8) is 0 Å². The summed E-state index contributed by atoms with van der Waals surface area (Å²) in [4.78, 5) is 13.9. The Bertz CT molecular complexity index is 609. The fourth-order valence-corrected chi connectivity index (χ4v) is 3.49. The van der Waals surface area contributed by atoms with Gasteiger partial charge in [-0.2, -0.15) is 0 Å². The highest BCUT2D eigenvalue weighted by molar-refractivity contribution is 7.89. The van der Waals surface area contributed by atoms with E-state index < -0.39 is 10.0 Å². The Morgan fingerprint density at radius 2 is 2.29 bits per heavy atom. The lowest BCUT2D eigenvalue weighted by molar-refractivity contribution is 0.0746. The van der Waals surface area contributed by atoms with Crippen LogP contribution in [0.25, 0.3) is 0 Å². The van der Waals surface area contributed by atoms with Crippen LogP contribution in [0.2, 0.25) is 0 Å². The van der Waals surface area contributed by atoms with E-state index in [2.05, 4.69) is 19.0 Å². The van der Waals surface area contributed by atoms with Gasteiger partial charge in [0.25, 0.3) is 5.91 Å². The Kier molecular flexibility index (Phi) is 4.67. The molecule has 0 aliphatic carbocycles. The van der Waals surface area contributed by atoms with E-state index in [1.54, 1.807) is 11.0 Å². The van der Waals surface area contributed by atoms with E-state index in [-0.39, 0.29) is 23.3 Å². The van der Waals surface area contributed by atoms with Crippen molar-refractivity contribution in [3.8, 4) is 0 Å². The molecule has 1 atom stereocenters. The van der Waals surface area contributed by atoms with Crippen LogP contribution in [0.1, 0.15) is 36.5 Å². The van der Waals surface area contributed by atoms with Crippen molar-refractivity contribution in [2.75, 3.05) is 18.8 Å². The first-order chi connectivity index (χ1) is 9.74. The zero-order valence-electron chi connectivity index (χ0n) is 12.3. The number of carbonyl (C=O) groups excluding carboxylic acids is 1. The van der Waals surface area contributed by atoms with Gasteiger partial charge in [0, 0.05) is 19.2 Å². The number of rotatable bonds is 5. The van der Waals surface area contributed by atoms with Gasteiger partial charge in [0.15, 0.2) is 0 Å². The molecule has 1 amide bonds. The SMILES string of the molecule is CC(C)Cc1cc(C(=O)N2CC[C@@H](CS(N)(=O)=O)C2)on1. The number of hydrogen-bond donors (Lipinski definition) is 1. The molecule has 1 fully saturated rings. The van der Waals surface area contributed by atoms with Gasteiger partial charge in [-0.25, -0.2) is 13.6 Å². The van der Waals surface area contributed by atoms with E-state index in [1.165, 1.54) is 0 Å². The molecular formula is C13H21N3O4S. The predicted molar refractivity (Wildman–Crippen MR) is 77.0 cm³/mol. The van der Waals surface area contributed by atoms with Gasteiger partial charge >= 0.3 is 0 Å². The number of sulfonamides is 1. The van der Waals surface area contributed by atoms with Crippen molar-refractivity contribution < 1.29 is 17.7 Å². The maximum absolute atomic E-state index is 12.3. The molecule has 0 bridgehead atoms. The molecule has 2 N–H and O–H groups in total. The van der Waals surface area contributed by atoms with Gasteiger partial charge < -0.3 is 9.42 Å². The van der Waals surface area contributed by atoms with Crippen LogP contribution in [0.4, 0.5) is 0 Å². The molecular weight excluding hydrogens is 294 g/mol. The lowest BCUT2D eigenvalue weighted by atomic mass is 10.1. The summed E-state index contributed by atoms with van der Waals surface area (Å²) in [6.45, 7) is 5.03. The largest absolute Gasteiger partial charge is 0.351 e. The number of primary sulfonamides is 1. The monoisotopic (exact) mass is 315 g/mol. The maximum Gasteiger partial charge on any atom is 0.292 e. The number of likely N-dealkylation sites (tertiary alicyclic amines) is 1. The summed E-state index contributed by atoms with van der Waals surface area (Å²) in [7, 11) is -3.50. The van der Waals surface area contributed by atoms with Crippen molar-refractivity contribution in [2.45, 2.75) is 26.7 Å². The quantitative estimate of drug-likeness (QED) is 0.857. The smallest absolute Gasteiger partial charge is 0.292 e. The van der Waals surface area contributed by atoms with Crippen LogP contribution in [0.5, 0.6) is 0 Å². The number of hydrogen-bond acceptors (Lipinski definition) is 5. The summed E-state index contributed by atoms with van der Waals surface area (Å²) in [5.74, 6) is 0.202. The Hall–Kier alpha value is -1.41. The molecule has 7 nitrogen and oxygen atoms in total. The van der Waals surface area contributed by atoms with Crippen molar-refractivity contribution in [3.05, 3.63) is 17.5 Å². The van der Waals surface area contributed by atoms with Crippen LogP contribution >= 0.6 is 0 Å². The summed E-state index contributed by atoms with van der Waals surface area (Å²) in [6, 6.07) is 1.66. The van der Waals surface area contributed by atoms with Gasteiger partial charge in [-0.05, 0) is 24.7 Å². The van der Waals surface area contributed by atoms with E-state index in [0.29, 0.717) is 25.4 Å². The average Bonchev–Trinajstić information content (AvgIpc) is 2.94. The first-order valence-electron chi connectivity index (χ1n) is 7.00. The molecule has 118 valence electrons. The second-order valence-electron chi connectivity index (χ2n) is 6.02. The van der Waals surface area contributed by atoms with Crippen LogP contribution in [0.15, 0.2) is 10.6 Å². The van der Waals surface area contributed by atoms with Crippen LogP contribution in [-0.4, -0.2) is 43.2 Å². The fourth-order valence-electron chi connectivity index (χ4n) is 2.56. The molecule has 8 heteroatoms. The number of amides is 1. The van der Waals surface area contributed by atoms with E-state index in [9.17, 15) is 13.2 Å². The number of aromatic nitrogens is 1. The van der Waals surface area contributed by atoms with Crippen molar-refractivity contribution in [1.29, 1.82) is 0 Å². The van der Waals surface area contributed by atoms with Gasteiger partial charge in [-0.1, -0.05) is 19.0 Å². The highest BCUT2D eigenvalue weighted by Crippen LogP contribution is 2.20. The van der Waals surface area contributed by atoms with E-state index in [1.807, 2.05) is 0 Å². The summed E-state index contributed by atoms with van der Waals surface area (Å²) >= 11 is 0. The normalized spacial score (nSPS) is 19.4. The molecule has 0 radical (unpaired) electrons. The minimum atomic E-state index is -3.50. The minimum absolute atomic E-state index is 0.0915. The van der Waals surface area contributed by atoms with Gasteiger partial charge in [0.05, 0.1) is 11.4 Å². The van der Waals surface area contributed by atoms with Crippen molar-refractivity contribution in [2.24, 2.45) is 17.0 Å². The first kappa shape index (κ1) is 16.0. The molecule has 2 rings (SSSR count). The molecule has 1 aliphatic heterocycles. The topological polar surface area (TPSA) is 106 Å². The predicted octanol–water partition coefficient (Wildman–Crippen LogP) is 0.624. The second kappa shape index (κ2) is 6.15. The Labute approximate surface area is 124 Å². The molecule has 1 aliphatic rings. The number of carbonyl (C=O) groups is 1. The van der Waals surface area contributed by atoms with E-state index in [4.69, 9.17) is 9.66 Å². The van der Waals surface area contributed by atoms with Crippen molar-refractivity contribution >= 4 is 15.9 Å². The fraction of sp³-hybridized carbons (Fsp3) is 0.692. The standard InChI is InChI=1S/C13H21N3O4S/c1-9(2)5-11-6-12(20-15-11)13(17)16-4-3-10(7-16)8-21(14,18)19/h6,9-10H,3-5,7-8H2,1-2H3,(H2,14,18,19)/t10-/m1/s1. The van der Waals surface area contributed by atoms with Gasteiger partial charge in [-0.15, -0.1) is 0 Å². The highest BCUT2D eigenvalue weighted by atomic mass is 32.2. The first-order valence-corrected chi connectivity index (χ1v) is 8.71. The third-order valence-electron chi connectivity index (χ3n) is 3.43.